The lowest BCUT2D eigenvalue weighted by Gasteiger charge is -2.32. The molecule has 202 valence electrons. The molecule has 0 bridgehead atoms. The Morgan fingerprint density at radius 3 is 2.59 bits per heavy atom. The molecule has 0 saturated heterocycles. The number of thioether (sulfide) groups is 1. The summed E-state index contributed by atoms with van der Waals surface area (Å²) in [4.78, 5) is 40.2. The van der Waals surface area contributed by atoms with E-state index in [-0.39, 0.29) is 35.3 Å². The van der Waals surface area contributed by atoms with Crippen LogP contribution in [-0.4, -0.2) is 38.7 Å². The van der Waals surface area contributed by atoms with Gasteiger partial charge in [-0.3, -0.25) is 24.6 Å². The summed E-state index contributed by atoms with van der Waals surface area (Å²) in [5.74, 6) is -0.576. The largest absolute Gasteiger partial charge is 0.433 e. The molecule has 1 aromatic carbocycles. The Kier molecular flexibility index (Phi) is 8.69. The number of nitrogens with one attached hydrogen (secondary N) is 1. The van der Waals surface area contributed by atoms with Crippen molar-refractivity contribution in [3.63, 3.8) is 0 Å². The van der Waals surface area contributed by atoms with E-state index >= 15 is 0 Å². The Bertz CT molecular complexity index is 1420. The molecule has 1 aliphatic rings. The molecule has 1 saturated carbocycles. The lowest BCUT2D eigenvalue weighted by molar-refractivity contribution is -0.401. The second-order valence-corrected chi connectivity index (χ2v) is 12.1. The van der Waals surface area contributed by atoms with Gasteiger partial charge in [0.25, 0.3) is 0 Å². The molecular formula is C26H25N5O5S3. The first-order chi connectivity index (χ1) is 19.0. The van der Waals surface area contributed by atoms with E-state index in [9.17, 15) is 19.7 Å². The number of benzene rings is 1. The van der Waals surface area contributed by atoms with E-state index in [1.165, 1.54) is 53.0 Å². The van der Waals surface area contributed by atoms with Gasteiger partial charge in [0.2, 0.25) is 11.8 Å². The average Bonchev–Trinajstić information content (AvgIpc) is 3.73. The zero-order valence-electron chi connectivity index (χ0n) is 20.7. The number of hydrogen-bond donors (Lipinski definition) is 1. The van der Waals surface area contributed by atoms with Gasteiger partial charge in [-0.25, -0.2) is 0 Å². The SMILES string of the molecule is O=C(NC1CCCCC1)C(c1cccs1)N(C(=O)CSc1nnc(-c2ccc([N+](=O)[O-])o2)s1)c1ccccc1. The first-order valence-electron chi connectivity index (χ1n) is 12.4. The molecule has 0 radical (unpaired) electrons. The quantitative estimate of drug-likeness (QED) is 0.135. The smallest absolute Gasteiger partial charge is 0.398 e. The maximum Gasteiger partial charge on any atom is 0.433 e. The van der Waals surface area contributed by atoms with Crippen molar-refractivity contribution in [2.75, 3.05) is 10.7 Å². The molecule has 10 nitrogen and oxygen atoms in total. The van der Waals surface area contributed by atoms with E-state index in [2.05, 4.69) is 15.5 Å². The fourth-order valence-electron chi connectivity index (χ4n) is 4.47. The summed E-state index contributed by atoms with van der Waals surface area (Å²) in [7, 11) is 0. The fraction of sp³-hybridized carbons (Fsp3) is 0.308. The molecular weight excluding hydrogens is 559 g/mol. The monoisotopic (exact) mass is 583 g/mol. The third kappa shape index (κ3) is 6.54. The summed E-state index contributed by atoms with van der Waals surface area (Å²) in [6.07, 6.45) is 5.23. The topological polar surface area (TPSA) is 131 Å². The molecule has 1 N–H and O–H groups in total. The van der Waals surface area contributed by atoms with Gasteiger partial charge in [0, 0.05) is 16.6 Å². The van der Waals surface area contributed by atoms with Crippen LogP contribution in [0.5, 0.6) is 0 Å². The van der Waals surface area contributed by atoms with E-state index in [1.807, 2.05) is 47.8 Å². The van der Waals surface area contributed by atoms with Crippen molar-refractivity contribution >= 4 is 57.8 Å². The van der Waals surface area contributed by atoms with Gasteiger partial charge in [0.05, 0.1) is 11.8 Å². The Morgan fingerprint density at radius 2 is 1.90 bits per heavy atom. The first kappa shape index (κ1) is 27.0. The van der Waals surface area contributed by atoms with Crippen LogP contribution in [0.15, 0.2) is 68.7 Å². The Labute approximate surface area is 236 Å². The molecule has 1 fully saturated rings. The molecule has 0 spiro atoms. The molecule has 1 aliphatic carbocycles. The predicted molar refractivity (Wildman–Crippen MR) is 151 cm³/mol. The average molecular weight is 584 g/mol. The van der Waals surface area contributed by atoms with E-state index in [0.29, 0.717) is 15.0 Å². The number of carbonyl (C=O) groups excluding carboxylic acids is 2. The zero-order chi connectivity index (χ0) is 27.2. The second kappa shape index (κ2) is 12.5. The number of furan rings is 1. The number of para-hydroxylation sites is 1. The van der Waals surface area contributed by atoms with Crippen molar-refractivity contribution in [3.8, 4) is 10.8 Å². The van der Waals surface area contributed by atoms with Crippen LogP contribution >= 0.6 is 34.4 Å². The Hall–Kier alpha value is -3.55. The number of hydrogen-bond acceptors (Lipinski definition) is 10. The number of anilines is 1. The van der Waals surface area contributed by atoms with Gasteiger partial charge in [-0.2, -0.15) is 0 Å². The van der Waals surface area contributed by atoms with Gasteiger partial charge in [0.15, 0.2) is 15.1 Å². The maximum absolute atomic E-state index is 13.8. The lowest BCUT2D eigenvalue weighted by atomic mass is 9.95. The van der Waals surface area contributed by atoms with Gasteiger partial charge in [-0.05, 0) is 42.5 Å². The number of carbonyl (C=O) groups is 2. The van der Waals surface area contributed by atoms with Gasteiger partial charge < -0.3 is 9.73 Å². The summed E-state index contributed by atoms with van der Waals surface area (Å²) in [6.45, 7) is 0. The highest BCUT2D eigenvalue weighted by atomic mass is 32.2. The molecule has 3 heterocycles. The van der Waals surface area contributed by atoms with Crippen molar-refractivity contribution in [1.29, 1.82) is 0 Å². The van der Waals surface area contributed by atoms with E-state index in [1.54, 1.807) is 4.90 Å². The number of amides is 2. The highest BCUT2D eigenvalue weighted by molar-refractivity contribution is 8.01. The molecule has 39 heavy (non-hydrogen) atoms. The van der Waals surface area contributed by atoms with Gasteiger partial charge >= 0.3 is 5.88 Å². The summed E-state index contributed by atoms with van der Waals surface area (Å²) in [5.41, 5.74) is 0.626. The molecule has 1 unspecified atom stereocenters. The van der Waals surface area contributed by atoms with Crippen molar-refractivity contribution in [1.82, 2.24) is 15.5 Å². The third-order valence-electron chi connectivity index (χ3n) is 6.28. The molecule has 3 aromatic heterocycles. The second-order valence-electron chi connectivity index (χ2n) is 8.92. The molecule has 5 rings (SSSR count). The van der Waals surface area contributed by atoms with Crippen LogP contribution in [0, 0.1) is 10.1 Å². The minimum absolute atomic E-state index is 0.0143. The maximum atomic E-state index is 13.8. The van der Waals surface area contributed by atoms with Gasteiger partial charge in [-0.15, -0.1) is 21.5 Å². The first-order valence-corrected chi connectivity index (χ1v) is 15.1. The van der Waals surface area contributed by atoms with Crippen LogP contribution < -0.4 is 10.2 Å². The lowest BCUT2D eigenvalue weighted by Crippen LogP contribution is -2.47. The summed E-state index contributed by atoms with van der Waals surface area (Å²) in [5, 5.41) is 24.6. The fourth-order valence-corrected chi connectivity index (χ4v) is 6.96. The minimum atomic E-state index is -0.809. The Balaban J connectivity index is 1.36. The van der Waals surface area contributed by atoms with E-state index in [0.717, 1.165) is 30.6 Å². The molecule has 13 heteroatoms. The molecule has 1 atom stereocenters. The number of thiophene rings is 1. The Morgan fingerprint density at radius 1 is 1.10 bits per heavy atom. The van der Waals surface area contributed by atoms with Crippen molar-refractivity contribution < 1.29 is 18.9 Å². The van der Waals surface area contributed by atoms with Crippen LogP contribution in [0.3, 0.4) is 0 Å². The minimum Gasteiger partial charge on any atom is -0.398 e. The normalized spacial score (nSPS) is 14.6. The highest BCUT2D eigenvalue weighted by Gasteiger charge is 2.34. The predicted octanol–water partition coefficient (Wildman–Crippen LogP) is 6.08. The number of rotatable bonds is 10. The summed E-state index contributed by atoms with van der Waals surface area (Å²) >= 11 is 3.81. The molecule has 2 amide bonds. The number of aromatic nitrogens is 2. The van der Waals surface area contributed by atoms with Crippen LogP contribution in [0.2, 0.25) is 0 Å². The van der Waals surface area contributed by atoms with Crippen molar-refractivity contribution in [2.24, 2.45) is 0 Å². The van der Waals surface area contributed by atoms with Crippen LogP contribution in [0.25, 0.3) is 10.8 Å². The standard InChI is InChI=1S/C26H25N5O5S3/c32-21(16-38-26-29-28-25(39-26)19-13-14-22(36-19)31(34)35)30(18-10-5-2-6-11-18)23(20-12-7-15-37-20)24(33)27-17-8-3-1-4-9-17/h2,5-7,10-15,17,23H,1,3-4,8-9,16H2,(H,27,33). The number of nitro groups is 1. The van der Waals surface area contributed by atoms with Crippen LogP contribution in [-0.2, 0) is 9.59 Å². The molecule has 0 aliphatic heterocycles. The molecule has 4 aromatic rings. The van der Waals surface area contributed by atoms with Crippen LogP contribution in [0.4, 0.5) is 11.6 Å². The van der Waals surface area contributed by atoms with Gasteiger partial charge in [0.1, 0.15) is 11.0 Å². The van der Waals surface area contributed by atoms with Crippen molar-refractivity contribution in [2.45, 2.75) is 48.5 Å². The summed E-state index contributed by atoms with van der Waals surface area (Å²) < 4.78 is 5.71. The zero-order valence-corrected chi connectivity index (χ0v) is 23.2. The van der Waals surface area contributed by atoms with E-state index in [4.69, 9.17) is 4.42 Å². The van der Waals surface area contributed by atoms with Crippen LogP contribution in [0.1, 0.15) is 43.0 Å². The summed E-state index contributed by atoms with van der Waals surface area (Å²) in [6, 6.07) is 15.0. The van der Waals surface area contributed by atoms with E-state index < -0.39 is 11.0 Å². The third-order valence-corrected chi connectivity index (χ3v) is 9.26. The van der Waals surface area contributed by atoms with Crippen molar-refractivity contribution in [3.05, 3.63) is 75.0 Å². The highest BCUT2D eigenvalue weighted by Crippen LogP contribution is 2.35. The van der Waals surface area contributed by atoms with Gasteiger partial charge in [-0.1, -0.05) is 66.6 Å². The number of nitrogens with zero attached hydrogens (tertiary/aromatic N) is 4.